The van der Waals surface area contributed by atoms with E-state index in [4.69, 9.17) is 0 Å². The van der Waals surface area contributed by atoms with Crippen LogP contribution in [0.15, 0.2) is 40.4 Å². The minimum absolute atomic E-state index is 0.0979. The lowest BCUT2D eigenvalue weighted by Crippen LogP contribution is -2.17. The third kappa shape index (κ3) is 2.73. The number of hydrogen-bond donors (Lipinski definition) is 2. The Labute approximate surface area is 148 Å². The number of H-pyrrole nitrogens is 2. The van der Waals surface area contributed by atoms with Crippen molar-refractivity contribution in [3.63, 3.8) is 0 Å². The van der Waals surface area contributed by atoms with Crippen LogP contribution >= 0.6 is 0 Å². The molecule has 0 aliphatic carbocycles. The predicted octanol–water partition coefficient (Wildman–Crippen LogP) is 1.83. The lowest BCUT2D eigenvalue weighted by molar-refractivity contribution is 0.683. The molecule has 1 unspecified atom stereocenters. The highest BCUT2D eigenvalue weighted by atomic mass is 16.1. The van der Waals surface area contributed by atoms with Gasteiger partial charge in [0.25, 0.3) is 5.56 Å². The molecule has 1 atom stereocenters. The van der Waals surface area contributed by atoms with Gasteiger partial charge in [0.15, 0.2) is 0 Å². The van der Waals surface area contributed by atoms with Crippen LogP contribution in [0.1, 0.15) is 49.6 Å². The lowest BCUT2D eigenvalue weighted by Gasteiger charge is -2.08. The fourth-order valence-electron chi connectivity index (χ4n) is 3.18. The van der Waals surface area contributed by atoms with Crippen molar-refractivity contribution >= 4 is 11.4 Å². The number of nitrogens with one attached hydrogen (secondary N) is 2. The number of aromatic nitrogens is 6. The first-order chi connectivity index (χ1) is 12.4. The molecule has 4 heterocycles. The van der Waals surface area contributed by atoms with Crippen molar-refractivity contribution in [2.45, 2.75) is 39.0 Å². The van der Waals surface area contributed by atoms with Crippen LogP contribution in [0.2, 0.25) is 0 Å². The number of fused-ring (bicyclic) bond motifs is 2. The number of nitrogens with zero attached hydrogens (tertiary/aromatic N) is 4. The Kier molecular flexibility index (Phi) is 3.75. The van der Waals surface area contributed by atoms with Gasteiger partial charge in [-0.1, -0.05) is 20.8 Å². The highest BCUT2D eigenvalue weighted by Gasteiger charge is 2.16. The van der Waals surface area contributed by atoms with E-state index in [9.17, 15) is 9.59 Å². The molecule has 4 aromatic rings. The Morgan fingerprint density at radius 2 is 2.00 bits per heavy atom. The topological polar surface area (TPSA) is 100 Å². The maximum Gasteiger partial charge on any atom is 0.255 e. The molecule has 0 radical (unpaired) electrons. The van der Waals surface area contributed by atoms with E-state index < -0.39 is 0 Å². The van der Waals surface area contributed by atoms with Gasteiger partial charge in [-0.25, -0.2) is 9.50 Å². The largest absolute Gasteiger partial charge is 0.345 e. The predicted molar refractivity (Wildman–Crippen MR) is 97.8 cm³/mol. The summed E-state index contributed by atoms with van der Waals surface area (Å²) in [5.74, 6) is 0.535. The molecule has 0 amide bonds. The first-order valence-corrected chi connectivity index (χ1v) is 8.60. The highest BCUT2D eigenvalue weighted by molar-refractivity contribution is 5.37. The first kappa shape index (κ1) is 16.3. The van der Waals surface area contributed by atoms with E-state index in [1.807, 2.05) is 37.6 Å². The SMILES string of the molecule is CC(C)c1cn2cc(CC(C)c3nn4cc[nH]c4cc3=O)nc2[nH]c1=O. The summed E-state index contributed by atoms with van der Waals surface area (Å²) in [6.45, 7) is 5.91. The third-order valence-corrected chi connectivity index (χ3v) is 4.58. The van der Waals surface area contributed by atoms with Crippen molar-refractivity contribution in [1.82, 2.24) is 29.0 Å². The van der Waals surface area contributed by atoms with Crippen molar-refractivity contribution in [2.24, 2.45) is 0 Å². The fourth-order valence-corrected chi connectivity index (χ4v) is 3.18. The Morgan fingerprint density at radius 3 is 2.77 bits per heavy atom. The number of aromatic amines is 2. The van der Waals surface area contributed by atoms with Gasteiger partial charge >= 0.3 is 0 Å². The Bertz CT molecular complexity index is 1210. The van der Waals surface area contributed by atoms with Crippen molar-refractivity contribution in [3.05, 3.63) is 68.4 Å². The molecule has 2 N–H and O–H groups in total. The van der Waals surface area contributed by atoms with Crippen molar-refractivity contribution in [1.29, 1.82) is 0 Å². The van der Waals surface area contributed by atoms with E-state index >= 15 is 0 Å². The molecule has 4 rings (SSSR count). The number of hydrogen-bond acceptors (Lipinski definition) is 4. The maximum atomic E-state index is 12.3. The van der Waals surface area contributed by atoms with Gasteiger partial charge in [0.1, 0.15) is 11.3 Å². The van der Waals surface area contributed by atoms with Crippen LogP contribution in [0.3, 0.4) is 0 Å². The van der Waals surface area contributed by atoms with Gasteiger partial charge < -0.3 is 4.98 Å². The van der Waals surface area contributed by atoms with Crippen molar-refractivity contribution in [2.75, 3.05) is 0 Å². The van der Waals surface area contributed by atoms with Crippen molar-refractivity contribution in [3.8, 4) is 0 Å². The molecule has 0 bridgehead atoms. The summed E-state index contributed by atoms with van der Waals surface area (Å²) in [4.78, 5) is 34.7. The monoisotopic (exact) mass is 352 g/mol. The molecule has 0 saturated heterocycles. The maximum absolute atomic E-state index is 12.3. The van der Waals surface area contributed by atoms with Crippen LogP contribution < -0.4 is 11.0 Å². The van der Waals surface area contributed by atoms with Crippen LogP contribution in [-0.4, -0.2) is 29.0 Å². The normalized spacial score (nSPS) is 13.1. The summed E-state index contributed by atoms with van der Waals surface area (Å²) in [6, 6.07) is 1.55. The lowest BCUT2D eigenvalue weighted by atomic mass is 10.0. The van der Waals surface area contributed by atoms with E-state index in [1.54, 1.807) is 23.0 Å². The van der Waals surface area contributed by atoms with Gasteiger partial charge in [0.2, 0.25) is 11.2 Å². The zero-order chi connectivity index (χ0) is 18.4. The average molecular weight is 352 g/mol. The zero-order valence-electron chi connectivity index (χ0n) is 14.9. The number of rotatable bonds is 4. The van der Waals surface area contributed by atoms with Crippen LogP contribution in [0.25, 0.3) is 11.4 Å². The molecule has 0 aliphatic heterocycles. The van der Waals surface area contributed by atoms with Gasteiger partial charge in [-0.2, -0.15) is 5.10 Å². The second-order valence-electron chi connectivity index (χ2n) is 6.95. The second-order valence-corrected chi connectivity index (χ2v) is 6.95. The summed E-state index contributed by atoms with van der Waals surface area (Å²) in [5, 5.41) is 4.42. The molecule has 0 aromatic carbocycles. The van der Waals surface area contributed by atoms with E-state index in [0.717, 1.165) is 5.69 Å². The quantitative estimate of drug-likeness (QED) is 0.585. The van der Waals surface area contributed by atoms with Crippen LogP contribution in [-0.2, 0) is 6.42 Å². The van der Waals surface area contributed by atoms with E-state index in [-0.39, 0.29) is 22.8 Å². The van der Waals surface area contributed by atoms with Gasteiger partial charge in [-0.05, 0) is 12.3 Å². The Balaban J connectivity index is 1.68. The zero-order valence-corrected chi connectivity index (χ0v) is 14.9. The molecule has 0 spiro atoms. The van der Waals surface area contributed by atoms with Gasteiger partial charge in [0, 0.05) is 42.3 Å². The van der Waals surface area contributed by atoms with Gasteiger partial charge in [-0.3, -0.25) is 19.0 Å². The molecule has 0 aliphatic rings. The van der Waals surface area contributed by atoms with Crippen molar-refractivity contribution < 1.29 is 0 Å². The molecule has 134 valence electrons. The molecule has 26 heavy (non-hydrogen) atoms. The van der Waals surface area contributed by atoms with Gasteiger partial charge in [0.05, 0.1) is 5.69 Å². The standard InChI is InChI=1S/C18H20N6O2/c1-10(2)13-9-23-8-12(20-18(23)21-17(13)26)6-11(3)16-14(25)7-15-19-4-5-24(15)22-16/h4-5,7-11,19H,6H2,1-3H3,(H,20,21,26). The highest BCUT2D eigenvalue weighted by Crippen LogP contribution is 2.17. The molecular formula is C18H20N6O2. The van der Waals surface area contributed by atoms with Crippen LogP contribution in [0.4, 0.5) is 0 Å². The second kappa shape index (κ2) is 5.98. The van der Waals surface area contributed by atoms with E-state index in [1.165, 1.54) is 0 Å². The van der Waals surface area contributed by atoms with Crippen LogP contribution in [0.5, 0.6) is 0 Å². The Hall–Kier alpha value is -3.16. The molecule has 0 saturated carbocycles. The van der Waals surface area contributed by atoms with E-state index in [2.05, 4.69) is 20.1 Å². The number of imidazole rings is 2. The molecule has 8 nitrogen and oxygen atoms in total. The Morgan fingerprint density at radius 1 is 1.19 bits per heavy atom. The average Bonchev–Trinajstić information content (AvgIpc) is 3.18. The van der Waals surface area contributed by atoms with E-state index in [0.29, 0.717) is 29.1 Å². The first-order valence-electron chi connectivity index (χ1n) is 8.60. The summed E-state index contributed by atoms with van der Waals surface area (Å²) in [6.07, 6.45) is 7.77. The van der Waals surface area contributed by atoms with Gasteiger partial charge in [-0.15, -0.1) is 0 Å². The third-order valence-electron chi connectivity index (χ3n) is 4.58. The molecule has 8 heteroatoms. The minimum atomic E-state index is -0.115. The fraction of sp³-hybridized carbons (Fsp3) is 0.333. The summed E-state index contributed by atoms with van der Waals surface area (Å²) < 4.78 is 3.48. The summed E-state index contributed by atoms with van der Waals surface area (Å²) in [7, 11) is 0. The minimum Gasteiger partial charge on any atom is -0.345 e. The molecule has 0 fully saturated rings. The molecule has 4 aromatic heterocycles. The summed E-state index contributed by atoms with van der Waals surface area (Å²) in [5.41, 5.74) is 2.46. The smallest absolute Gasteiger partial charge is 0.255 e. The molecular weight excluding hydrogens is 332 g/mol. The summed E-state index contributed by atoms with van der Waals surface area (Å²) >= 11 is 0. The van der Waals surface area contributed by atoms with Crippen LogP contribution in [0, 0.1) is 0 Å².